The third-order valence-electron chi connectivity index (χ3n) is 17.4. The highest BCUT2D eigenvalue weighted by atomic mass is 16.7. The van der Waals surface area contributed by atoms with Crippen molar-refractivity contribution in [2.45, 2.75) is 386 Å². The number of unbranched alkanes of at least 4 members (excludes halogenated alkanes) is 46. The molecule has 0 aliphatic carbocycles. The molecule has 2 unspecified atom stereocenters. The molecular weight excluding hydrogens is 1130 g/mol. The molecule has 0 amide bonds. The Hall–Kier alpha value is -3.27. The smallest absolute Gasteiger partial charge is 0.361 e. The third kappa shape index (κ3) is 74.0. The quantitative estimate of drug-likeness (QED) is 0.0211. The van der Waals surface area contributed by atoms with Crippen molar-refractivity contribution in [3.63, 3.8) is 0 Å². The van der Waals surface area contributed by atoms with E-state index in [0.717, 1.165) is 70.6 Å². The first-order valence-corrected chi connectivity index (χ1v) is 39.1. The first kappa shape index (κ1) is 87.7. The van der Waals surface area contributed by atoms with Gasteiger partial charge in [0.1, 0.15) is 13.2 Å². The second kappa shape index (κ2) is 72.6. The summed E-state index contributed by atoms with van der Waals surface area (Å²) in [5.41, 5.74) is 0. The van der Waals surface area contributed by atoms with Crippen LogP contribution in [0, 0.1) is 0 Å². The minimum absolute atomic E-state index is 0.178. The van der Waals surface area contributed by atoms with Crippen LogP contribution in [0.15, 0.2) is 72.9 Å². The van der Waals surface area contributed by atoms with E-state index in [9.17, 15) is 19.5 Å². The van der Waals surface area contributed by atoms with E-state index in [2.05, 4.69) is 86.8 Å². The second-order valence-electron chi connectivity index (χ2n) is 27.6. The first-order chi connectivity index (χ1) is 44.6. The number of hydrogen-bond acceptors (Lipinski definition) is 7. The number of nitrogens with zero attached hydrogens (tertiary/aromatic N) is 1. The maximum Gasteiger partial charge on any atom is 0.361 e. The van der Waals surface area contributed by atoms with Gasteiger partial charge in [-0.25, -0.2) is 4.79 Å². The largest absolute Gasteiger partial charge is 0.477 e. The summed E-state index contributed by atoms with van der Waals surface area (Å²) in [4.78, 5) is 37.7. The van der Waals surface area contributed by atoms with E-state index in [4.69, 9.17) is 18.9 Å². The highest BCUT2D eigenvalue weighted by molar-refractivity contribution is 5.71. The zero-order chi connectivity index (χ0) is 66.1. The molecule has 9 heteroatoms. The van der Waals surface area contributed by atoms with Crippen LogP contribution >= 0.6 is 0 Å². The van der Waals surface area contributed by atoms with Crippen LogP contribution in [0.25, 0.3) is 0 Å². The van der Waals surface area contributed by atoms with Gasteiger partial charge in [0.15, 0.2) is 6.10 Å². The fourth-order valence-corrected chi connectivity index (χ4v) is 11.5. The summed E-state index contributed by atoms with van der Waals surface area (Å²) in [6.07, 6.45) is 94.8. The van der Waals surface area contributed by atoms with Gasteiger partial charge < -0.3 is 28.5 Å². The van der Waals surface area contributed by atoms with Crippen LogP contribution in [0.3, 0.4) is 0 Å². The summed E-state index contributed by atoms with van der Waals surface area (Å²) >= 11 is 0. The van der Waals surface area contributed by atoms with Crippen molar-refractivity contribution < 1.29 is 42.9 Å². The molecule has 0 fully saturated rings. The normalized spacial score (nSPS) is 13.0. The van der Waals surface area contributed by atoms with Gasteiger partial charge in [-0.2, -0.15) is 0 Å². The fraction of sp³-hybridized carbons (Fsp3) is 0.817. The lowest BCUT2D eigenvalue weighted by molar-refractivity contribution is -0.870. The lowest BCUT2D eigenvalue weighted by Gasteiger charge is -2.25. The van der Waals surface area contributed by atoms with E-state index in [1.807, 2.05) is 21.1 Å². The van der Waals surface area contributed by atoms with E-state index in [1.165, 1.54) is 276 Å². The Kier molecular flexibility index (Phi) is 69.9. The third-order valence-corrected chi connectivity index (χ3v) is 17.4. The molecule has 530 valence electrons. The van der Waals surface area contributed by atoms with Crippen LogP contribution < -0.4 is 0 Å². The van der Waals surface area contributed by atoms with Gasteiger partial charge in [-0.05, 0) is 83.5 Å². The van der Waals surface area contributed by atoms with Crippen molar-refractivity contribution in [2.75, 3.05) is 47.5 Å². The molecule has 0 aromatic rings. The number of hydrogen-bond donors (Lipinski definition) is 1. The Morgan fingerprint density at radius 2 is 0.626 bits per heavy atom. The number of aliphatic carboxylic acids is 1. The molecule has 0 saturated carbocycles. The molecule has 0 saturated heterocycles. The minimum atomic E-state index is -1.51. The van der Waals surface area contributed by atoms with Crippen LogP contribution in [0.5, 0.6) is 0 Å². The average Bonchev–Trinajstić information content (AvgIpc) is 3.50. The van der Waals surface area contributed by atoms with E-state index in [1.54, 1.807) is 0 Å². The highest BCUT2D eigenvalue weighted by Gasteiger charge is 2.25. The fourth-order valence-electron chi connectivity index (χ4n) is 11.5. The lowest BCUT2D eigenvalue weighted by atomic mass is 10.0. The molecule has 0 heterocycles. The Morgan fingerprint density at radius 3 is 0.934 bits per heavy atom. The van der Waals surface area contributed by atoms with E-state index in [0.29, 0.717) is 17.4 Å². The molecule has 1 N–H and O–H groups in total. The van der Waals surface area contributed by atoms with Gasteiger partial charge in [0.2, 0.25) is 0 Å². The van der Waals surface area contributed by atoms with Crippen molar-refractivity contribution in [1.82, 2.24) is 0 Å². The van der Waals surface area contributed by atoms with Gasteiger partial charge in [0, 0.05) is 12.8 Å². The van der Waals surface area contributed by atoms with Crippen molar-refractivity contribution in [1.29, 1.82) is 0 Å². The van der Waals surface area contributed by atoms with Gasteiger partial charge in [-0.1, -0.05) is 350 Å². The number of quaternary nitrogens is 1. The summed E-state index contributed by atoms with van der Waals surface area (Å²) < 4.78 is 23.1. The molecule has 0 aliphatic heterocycles. The van der Waals surface area contributed by atoms with E-state index in [-0.39, 0.29) is 38.2 Å². The number of ether oxygens (including phenoxy) is 4. The summed E-state index contributed by atoms with van der Waals surface area (Å²) in [6.45, 7) is 4.82. The van der Waals surface area contributed by atoms with Crippen LogP contribution in [0.4, 0.5) is 0 Å². The van der Waals surface area contributed by atoms with Crippen LogP contribution in [-0.4, -0.2) is 87.4 Å². The van der Waals surface area contributed by atoms with Crippen molar-refractivity contribution >= 4 is 17.9 Å². The minimum Gasteiger partial charge on any atom is -0.477 e. The van der Waals surface area contributed by atoms with Crippen molar-refractivity contribution in [3.8, 4) is 0 Å². The van der Waals surface area contributed by atoms with Gasteiger partial charge in [0.25, 0.3) is 6.29 Å². The number of carboxylic acids is 1. The molecule has 0 aromatic heterocycles. The van der Waals surface area contributed by atoms with Gasteiger partial charge in [-0.3, -0.25) is 9.59 Å². The average molecular weight is 1280 g/mol. The van der Waals surface area contributed by atoms with Crippen LogP contribution in [-0.2, 0) is 33.3 Å². The lowest BCUT2D eigenvalue weighted by Crippen LogP contribution is -2.40. The molecule has 0 aliphatic rings. The molecule has 91 heavy (non-hydrogen) atoms. The summed E-state index contributed by atoms with van der Waals surface area (Å²) in [7, 11) is 5.99. The molecular formula is C82H150NO8+. The number of likely N-dealkylation sites (N-methyl/N-ethyl adjacent to an activating group) is 1. The van der Waals surface area contributed by atoms with Gasteiger partial charge in [0.05, 0.1) is 34.4 Å². The van der Waals surface area contributed by atoms with Gasteiger partial charge >= 0.3 is 17.9 Å². The summed E-state index contributed by atoms with van der Waals surface area (Å²) in [6, 6.07) is 0. The Balaban J connectivity index is 3.99. The topological polar surface area (TPSA) is 108 Å². The Bertz CT molecular complexity index is 1730. The monoisotopic (exact) mass is 1280 g/mol. The summed E-state index contributed by atoms with van der Waals surface area (Å²) in [5.74, 6) is -1.98. The maximum absolute atomic E-state index is 13.0. The zero-order valence-electron chi connectivity index (χ0n) is 60.8. The van der Waals surface area contributed by atoms with Crippen molar-refractivity contribution in [2.24, 2.45) is 0 Å². The van der Waals surface area contributed by atoms with Gasteiger partial charge in [-0.15, -0.1) is 0 Å². The molecule has 0 aromatic carbocycles. The van der Waals surface area contributed by atoms with E-state index < -0.39 is 18.4 Å². The molecule has 0 bridgehead atoms. The number of allylic oxidation sites excluding steroid dienone is 12. The number of carboxylic acid groups (broad SMARTS) is 1. The number of rotatable bonds is 73. The molecule has 0 spiro atoms. The van der Waals surface area contributed by atoms with Crippen LogP contribution in [0.1, 0.15) is 373 Å². The van der Waals surface area contributed by atoms with Crippen LogP contribution in [0.2, 0.25) is 0 Å². The predicted molar refractivity (Wildman–Crippen MR) is 392 cm³/mol. The standard InChI is InChI=1S/C82H149NO8/c1-6-8-10-12-14-16-18-20-22-24-26-28-30-32-34-36-37-38-39-40-41-42-43-45-47-49-51-53-55-57-59-61-63-65-67-69-71-73-80(85)91-78(77-90-82(81(86)87)88-75-74-83(3,4)5)76-89-79(84)72-70-68-66-64-62-60-58-56-54-52-50-48-46-44-35-33-31-29-27-25-23-21-19-17-15-13-11-9-7-2/h8,10,14,16,19-22,25-28,78,82H,6-7,9,11-13,15,17-18,23-24,29-77H2,1-5H3/p+1/b10-8-,16-14-,21-19-,22-20-,27-25-,28-26-. The number of carbonyl (C=O) groups is 3. The predicted octanol–water partition coefficient (Wildman–Crippen LogP) is 24.8. The molecule has 0 rings (SSSR count). The molecule has 0 radical (unpaired) electrons. The van der Waals surface area contributed by atoms with E-state index >= 15 is 0 Å². The Labute approximate surface area is 564 Å². The zero-order valence-corrected chi connectivity index (χ0v) is 60.8. The number of carbonyl (C=O) groups excluding carboxylic acids is 2. The maximum atomic E-state index is 13.0. The van der Waals surface area contributed by atoms with Crippen molar-refractivity contribution in [3.05, 3.63) is 72.9 Å². The summed E-state index contributed by atoms with van der Waals surface area (Å²) in [5, 5.41) is 9.77. The second-order valence-corrected chi connectivity index (χ2v) is 27.6. The molecule has 9 nitrogen and oxygen atoms in total. The number of esters is 2. The Morgan fingerprint density at radius 1 is 0.341 bits per heavy atom. The molecule has 2 atom stereocenters. The first-order valence-electron chi connectivity index (χ1n) is 39.1. The SMILES string of the molecule is CC/C=C\C/C=C\C/C=C\C/C=C\CCCCCCCCCCCCCCCCCCCCCCCCCCC(=O)OC(COC(=O)CCCCCCCCCCCCCCCCCCC/C=C\C/C=C\CCCCCCC)COC(OCC[N+](C)(C)C)C(=O)O. The highest BCUT2D eigenvalue weighted by Crippen LogP contribution is 2.19.